The molecule has 5 N–H and O–H groups in total. The van der Waals surface area contributed by atoms with Gasteiger partial charge >= 0.3 is 29.6 Å². The van der Waals surface area contributed by atoms with Crippen LogP contribution < -0.4 is 44.9 Å². The molecule has 0 saturated carbocycles. The first-order chi connectivity index (χ1) is 24.0. The number of nitrogens with one attached hydrogen (secondary N) is 1. The predicted octanol–water partition coefficient (Wildman–Crippen LogP) is 3.25. The van der Waals surface area contributed by atoms with Crippen LogP contribution in [-0.2, 0) is 36.8 Å². The molecule has 0 bridgehead atoms. The van der Waals surface area contributed by atoms with Gasteiger partial charge in [0.25, 0.3) is 0 Å². The van der Waals surface area contributed by atoms with Gasteiger partial charge in [-0.15, -0.1) is 15.3 Å². The molecular formula is C32H24ClCoN8NaO8S2-2. The molecule has 6 aromatic rings. The fourth-order valence-electron chi connectivity index (χ4n) is 4.46. The summed E-state index contributed by atoms with van der Waals surface area (Å²) < 4.78 is 53.6. The van der Waals surface area contributed by atoms with E-state index in [1.54, 1.807) is 18.2 Å². The molecule has 0 amide bonds. The fraction of sp³-hybridized carbons (Fsp3) is 0.0312. The van der Waals surface area contributed by atoms with E-state index in [-0.39, 0.29) is 102 Å². The van der Waals surface area contributed by atoms with Crippen LogP contribution >= 0.6 is 11.6 Å². The summed E-state index contributed by atoms with van der Waals surface area (Å²) >= 11 is 5.81. The van der Waals surface area contributed by atoms with Crippen molar-refractivity contribution in [2.75, 3.05) is 0 Å². The summed E-state index contributed by atoms with van der Waals surface area (Å²) in [5, 5.41) is 70.5. The molecule has 5 aromatic carbocycles. The van der Waals surface area contributed by atoms with Gasteiger partial charge in [-0.2, -0.15) is 10.2 Å². The van der Waals surface area contributed by atoms with Gasteiger partial charge in [-0.1, -0.05) is 59.8 Å². The summed E-state index contributed by atoms with van der Waals surface area (Å²) in [6.45, 7) is 1.52. The zero-order valence-electron chi connectivity index (χ0n) is 27.4. The minimum absolute atomic E-state index is 0. The SMILES string of the molecule is Cc1nn(-c2cccc(S(=N)(=O)[O-])c2)c([O-])c1N=Nc1cc(Cl)ccc1[O-].NS(=O)(=O)c1ccc(O)c(N=Nc2c(O)ccc3ccccc23)c1.[Co].[Na+]. The third-order valence-electron chi connectivity index (χ3n) is 6.95. The van der Waals surface area contributed by atoms with Gasteiger partial charge in [-0.25, -0.2) is 18.2 Å². The Balaban J connectivity index is 0.000000277. The molecule has 0 aliphatic heterocycles. The normalized spacial score (nSPS) is 12.5. The van der Waals surface area contributed by atoms with Crippen molar-refractivity contribution in [3.63, 3.8) is 0 Å². The molecule has 0 aliphatic carbocycles. The number of nitrogens with two attached hydrogens (primary N) is 1. The number of fused-ring (bicyclic) bond motifs is 1. The number of sulfonamides is 1. The Labute approximate surface area is 340 Å². The topological polar surface area (TPSA) is 278 Å². The molecule has 1 radical (unpaired) electrons. The molecule has 1 heterocycles. The van der Waals surface area contributed by atoms with E-state index < -0.39 is 31.7 Å². The molecule has 1 unspecified atom stereocenters. The maximum Gasteiger partial charge on any atom is 1.00 e. The number of aryl methyl sites for hydroxylation is 1. The maximum absolute atomic E-state index is 12.6. The predicted molar refractivity (Wildman–Crippen MR) is 182 cm³/mol. The Morgan fingerprint density at radius 3 is 2.15 bits per heavy atom. The number of phenolic OH excluding ortho intramolecular Hbond substituents is 2. The van der Waals surface area contributed by atoms with E-state index in [2.05, 4.69) is 25.6 Å². The Morgan fingerprint density at radius 1 is 0.792 bits per heavy atom. The van der Waals surface area contributed by atoms with Crippen LogP contribution in [-0.4, -0.2) is 37.2 Å². The molecule has 0 aliphatic rings. The molecule has 0 spiro atoms. The van der Waals surface area contributed by atoms with E-state index in [1.165, 1.54) is 55.5 Å². The van der Waals surface area contributed by atoms with E-state index >= 15 is 0 Å². The van der Waals surface area contributed by atoms with Crippen LogP contribution in [0.15, 0.2) is 127 Å². The van der Waals surface area contributed by atoms with Crippen molar-refractivity contribution in [1.29, 1.82) is 4.78 Å². The smallest absolute Gasteiger partial charge is 0.871 e. The minimum Gasteiger partial charge on any atom is -0.871 e. The number of aromatic hydroxyl groups is 2. The Bertz CT molecular complexity index is 2590. The zero-order chi connectivity index (χ0) is 37.1. The number of nitrogens with zero attached hydrogens (tertiary/aromatic N) is 6. The molecule has 0 fully saturated rings. The van der Waals surface area contributed by atoms with Crippen LogP contribution in [0.3, 0.4) is 0 Å². The van der Waals surface area contributed by atoms with E-state index in [9.17, 15) is 37.6 Å². The van der Waals surface area contributed by atoms with E-state index in [0.717, 1.165) is 28.3 Å². The molecule has 16 nitrogen and oxygen atoms in total. The van der Waals surface area contributed by atoms with Crippen molar-refractivity contribution in [2.45, 2.75) is 16.7 Å². The molecule has 1 atom stereocenters. The summed E-state index contributed by atoms with van der Waals surface area (Å²) in [5.41, 5.74) is 0.398. The molecule has 21 heteroatoms. The molecule has 6 rings (SSSR count). The second-order valence-corrected chi connectivity index (χ2v) is 14.0. The molecule has 0 saturated heterocycles. The van der Waals surface area contributed by atoms with Crippen molar-refractivity contribution < 1.29 is 83.9 Å². The Kier molecular flexibility index (Phi) is 14.3. The van der Waals surface area contributed by atoms with Crippen LogP contribution in [0, 0.1) is 11.7 Å². The summed E-state index contributed by atoms with van der Waals surface area (Å²) in [4.78, 5) is -0.470. The second-order valence-electron chi connectivity index (χ2n) is 10.5. The van der Waals surface area contributed by atoms with Gasteiger partial charge in [0.15, 0.2) is 0 Å². The Hall–Kier alpha value is -4.41. The van der Waals surface area contributed by atoms with Gasteiger partial charge in [0.2, 0.25) is 10.0 Å². The monoisotopic (exact) mass is 829 g/mol. The van der Waals surface area contributed by atoms with Gasteiger partial charge in [-0.05, 0) is 66.9 Å². The van der Waals surface area contributed by atoms with E-state index in [4.69, 9.17) is 21.5 Å². The van der Waals surface area contributed by atoms with E-state index in [1.807, 2.05) is 12.1 Å². The number of rotatable bonds is 7. The van der Waals surface area contributed by atoms with Crippen molar-refractivity contribution in [3.05, 3.63) is 108 Å². The minimum atomic E-state index is -4.19. The fourth-order valence-corrected chi connectivity index (χ4v) is 5.69. The molecular weight excluding hydrogens is 806 g/mol. The van der Waals surface area contributed by atoms with Crippen molar-refractivity contribution >= 4 is 65.2 Å². The van der Waals surface area contributed by atoms with E-state index in [0.29, 0.717) is 10.4 Å². The Morgan fingerprint density at radius 2 is 1.45 bits per heavy atom. The van der Waals surface area contributed by atoms with Gasteiger partial charge in [0, 0.05) is 48.0 Å². The average molecular weight is 830 g/mol. The number of hydrogen-bond acceptors (Lipinski definition) is 14. The summed E-state index contributed by atoms with van der Waals surface area (Å²) in [6.07, 6.45) is 0. The first-order valence-electron chi connectivity index (χ1n) is 14.3. The molecule has 271 valence electrons. The van der Waals surface area contributed by atoms with Gasteiger partial charge < -0.3 is 25.0 Å². The van der Waals surface area contributed by atoms with Gasteiger partial charge in [0.05, 0.1) is 22.0 Å². The summed E-state index contributed by atoms with van der Waals surface area (Å²) in [5.74, 6) is -1.40. The van der Waals surface area contributed by atoms with Gasteiger partial charge in [-0.3, -0.25) is 8.99 Å². The first-order valence-corrected chi connectivity index (χ1v) is 17.7. The largest absolute Gasteiger partial charge is 1.00 e. The van der Waals surface area contributed by atoms with Crippen LogP contribution in [0.25, 0.3) is 16.5 Å². The number of aromatic nitrogens is 2. The van der Waals surface area contributed by atoms with Crippen molar-refractivity contribution in [3.8, 4) is 28.8 Å². The average Bonchev–Trinajstić information content (AvgIpc) is 3.37. The summed E-state index contributed by atoms with van der Waals surface area (Å²) in [6, 6.07) is 23.1. The number of phenols is 2. The van der Waals surface area contributed by atoms with Gasteiger partial charge in [0.1, 0.15) is 28.6 Å². The molecule has 53 heavy (non-hydrogen) atoms. The molecule has 1 aromatic heterocycles. The van der Waals surface area contributed by atoms with Crippen LogP contribution in [0.1, 0.15) is 5.69 Å². The van der Waals surface area contributed by atoms with Crippen LogP contribution in [0.5, 0.6) is 23.1 Å². The summed E-state index contributed by atoms with van der Waals surface area (Å²) in [7, 11) is -8.12. The maximum atomic E-state index is 12.6. The van der Waals surface area contributed by atoms with Crippen molar-refractivity contribution in [1.82, 2.24) is 9.78 Å². The number of primary sulfonamides is 1. The third kappa shape index (κ3) is 10.4. The number of halogens is 1. The van der Waals surface area contributed by atoms with Crippen LogP contribution in [0.2, 0.25) is 5.02 Å². The standard InChI is InChI=1S/C16H14ClN5O4S.C16H13N3O4S.Co.Na/c1-9-15(20-19-13-7-10(17)5-6-14(13)23)16(24)22(21-9)11-3-2-4-12(8-11)27(18,25)26;17-24(22,23)11-6-8-14(20)13(9-11)18-19-16-12-4-2-1-3-10(12)5-7-15(16)21;;/h2-8,23-24H,1H3,(H2,18,25,26);1-9,20-21H,(H2,17,22,23);;/q;;;+1/p-3. The number of benzene rings is 5. The van der Waals surface area contributed by atoms with Crippen LogP contribution in [0.4, 0.5) is 22.7 Å². The number of azo groups is 2. The third-order valence-corrected chi connectivity index (χ3v) is 8.97. The second kappa shape index (κ2) is 17.6. The first kappa shape index (κ1) is 43.0. The zero-order valence-corrected chi connectivity index (χ0v) is 32.8. The number of hydrogen-bond donors (Lipinski definition) is 4. The quantitative estimate of drug-likeness (QED) is 0.136. The van der Waals surface area contributed by atoms with Crippen molar-refractivity contribution in [2.24, 2.45) is 25.6 Å².